The van der Waals surface area contributed by atoms with Crippen molar-refractivity contribution >= 4 is 53.2 Å². The van der Waals surface area contributed by atoms with Crippen LogP contribution in [0.3, 0.4) is 0 Å². The number of carbonyl (C=O) groups excluding carboxylic acids is 1. The Kier molecular flexibility index (Phi) is 6.53. The first kappa shape index (κ1) is 18.7. The van der Waals surface area contributed by atoms with Gasteiger partial charge in [0.15, 0.2) is 0 Å². The fraction of sp³-hybridized carbons (Fsp3) is 0.462. The molecule has 0 bridgehead atoms. The molecule has 0 radical (unpaired) electrons. The average Bonchev–Trinajstić information content (AvgIpc) is 2.33. The van der Waals surface area contributed by atoms with Crippen molar-refractivity contribution in [2.45, 2.75) is 25.7 Å². The van der Waals surface area contributed by atoms with Crippen molar-refractivity contribution in [3.63, 3.8) is 0 Å². The van der Waals surface area contributed by atoms with Crippen molar-refractivity contribution in [2.75, 3.05) is 13.1 Å². The van der Waals surface area contributed by atoms with E-state index in [1.807, 2.05) is 20.8 Å². The van der Waals surface area contributed by atoms with Crippen LogP contribution >= 0.6 is 38.2 Å². The molecule has 0 aromatic heterocycles. The molecule has 1 aromatic carbocycles. The first-order valence-electron chi connectivity index (χ1n) is 6.30. The lowest BCUT2D eigenvalue weighted by Gasteiger charge is -2.23. The SMILES string of the molecule is CCN(CC(C)C)C(=O)c1cc(S(=O)(=O)Cl)c(Br)cc1Cl. The standard InChI is InChI=1S/C13H16BrCl2NO3S/c1-4-17(7-8(2)3)13(18)9-5-12(21(16,19)20)10(14)6-11(9)15/h5-6,8H,4,7H2,1-3H3. The zero-order chi connectivity index (χ0) is 16.4. The first-order valence-corrected chi connectivity index (χ1v) is 9.78. The molecule has 4 nitrogen and oxygen atoms in total. The van der Waals surface area contributed by atoms with Crippen LogP contribution in [0.25, 0.3) is 0 Å². The minimum Gasteiger partial charge on any atom is -0.339 e. The van der Waals surface area contributed by atoms with Gasteiger partial charge < -0.3 is 4.90 Å². The summed E-state index contributed by atoms with van der Waals surface area (Å²) in [6.07, 6.45) is 0. The Balaban J connectivity index is 3.33. The summed E-state index contributed by atoms with van der Waals surface area (Å²) in [5.74, 6) is -0.0235. The number of halogens is 3. The van der Waals surface area contributed by atoms with Crippen molar-refractivity contribution < 1.29 is 13.2 Å². The fourth-order valence-corrected chi connectivity index (χ4v) is 4.42. The van der Waals surface area contributed by atoms with E-state index in [0.717, 1.165) is 0 Å². The van der Waals surface area contributed by atoms with E-state index in [1.165, 1.54) is 12.1 Å². The molecule has 1 amide bonds. The highest BCUT2D eigenvalue weighted by Crippen LogP contribution is 2.31. The van der Waals surface area contributed by atoms with Crippen LogP contribution in [0.15, 0.2) is 21.5 Å². The molecule has 0 heterocycles. The van der Waals surface area contributed by atoms with Crippen LogP contribution in [0.1, 0.15) is 31.1 Å². The molecule has 0 aliphatic carbocycles. The molecule has 0 N–H and O–H groups in total. The van der Waals surface area contributed by atoms with Gasteiger partial charge in [-0.25, -0.2) is 8.42 Å². The lowest BCUT2D eigenvalue weighted by atomic mass is 10.1. The molecule has 8 heteroatoms. The number of hydrogen-bond acceptors (Lipinski definition) is 3. The fourth-order valence-electron chi connectivity index (χ4n) is 1.85. The molecule has 0 saturated carbocycles. The largest absolute Gasteiger partial charge is 0.339 e. The van der Waals surface area contributed by atoms with Gasteiger partial charge >= 0.3 is 0 Å². The minimum atomic E-state index is -3.97. The summed E-state index contributed by atoms with van der Waals surface area (Å²) in [6, 6.07) is 2.58. The molecule has 1 rings (SSSR count). The van der Waals surface area contributed by atoms with Crippen LogP contribution in [0.2, 0.25) is 5.02 Å². The second-order valence-electron chi connectivity index (χ2n) is 4.94. The van der Waals surface area contributed by atoms with E-state index in [2.05, 4.69) is 15.9 Å². The smallest absolute Gasteiger partial charge is 0.262 e. The van der Waals surface area contributed by atoms with Gasteiger partial charge in [0.05, 0.1) is 15.5 Å². The molecule has 118 valence electrons. The van der Waals surface area contributed by atoms with Gasteiger partial charge in [-0.15, -0.1) is 0 Å². The van der Waals surface area contributed by atoms with Gasteiger partial charge in [-0.2, -0.15) is 0 Å². The van der Waals surface area contributed by atoms with Crippen molar-refractivity contribution in [3.05, 3.63) is 27.2 Å². The highest BCUT2D eigenvalue weighted by Gasteiger charge is 2.23. The van der Waals surface area contributed by atoms with Crippen molar-refractivity contribution in [3.8, 4) is 0 Å². The number of amides is 1. The first-order chi connectivity index (χ1) is 9.57. The van der Waals surface area contributed by atoms with Gasteiger partial charge in [0.2, 0.25) is 0 Å². The van der Waals surface area contributed by atoms with Crippen LogP contribution in [0, 0.1) is 5.92 Å². The molecule has 0 aliphatic heterocycles. The third kappa shape index (κ3) is 4.84. The maximum absolute atomic E-state index is 12.5. The predicted molar refractivity (Wildman–Crippen MR) is 88.6 cm³/mol. The van der Waals surface area contributed by atoms with Crippen molar-refractivity contribution in [2.24, 2.45) is 5.92 Å². The normalized spacial score (nSPS) is 11.8. The average molecular weight is 417 g/mol. The molecule has 0 fully saturated rings. The van der Waals surface area contributed by atoms with Gasteiger partial charge in [0, 0.05) is 28.2 Å². The van der Waals surface area contributed by atoms with Crippen LogP contribution in [0.5, 0.6) is 0 Å². The Morgan fingerprint density at radius 3 is 2.38 bits per heavy atom. The summed E-state index contributed by atoms with van der Waals surface area (Å²) in [4.78, 5) is 14.0. The predicted octanol–water partition coefficient (Wildman–Crippen LogP) is 4.15. The maximum Gasteiger partial charge on any atom is 0.262 e. The Hall–Kier alpha value is -0.300. The Morgan fingerprint density at radius 2 is 1.95 bits per heavy atom. The summed E-state index contributed by atoms with van der Waals surface area (Å²) in [5, 5.41) is 0.179. The van der Waals surface area contributed by atoms with Crippen LogP contribution < -0.4 is 0 Å². The van der Waals surface area contributed by atoms with E-state index < -0.39 is 9.05 Å². The highest BCUT2D eigenvalue weighted by atomic mass is 79.9. The molecular weight excluding hydrogens is 401 g/mol. The molecule has 0 spiro atoms. The third-order valence-corrected chi connectivity index (χ3v) is 5.36. The highest BCUT2D eigenvalue weighted by molar-refractivity contribution is 9.10. The Morgan fingerprint density at radius 1 is 1.38 bits per heavy atom. The number of hydrogen-bond donors (Lipinski definition) is 0. The zero-order valence-electron chi connectivity index (χ0n) is 11.9. The van der Waals surface area contributed by atoms with E-state index in [0.29, 0.717) is 19.0 Å². The Labute approximate surface area is 143 Å². The molecular formula is C13H16BrCl2NO3S. The molecule has 21 heavy (non-hydrogen) atoms. The van der Waals surface area contributed by atoms with Crippen molar-refractivity contribution in [1.29, 1.82) is 0 Å². The second kappa shape index (κ2) is 7.31. The van der Waals surface area contributed by atoms with Gasteiger partial charge in [0.25, 0.3) is 15.0 Å². The van der Waals surface area contributed by atoms with Crippen LogP contribution in [-0.4, -0.2) is 32.3 Å². The van der Waals surface area contributed by atoms with E-state index >= 15 is 0 Å². The summed E-state index contributed by atoms with van der Waals surface area (Å²) < 4.78 is 23.3. The lowest BCUT2D eigenvalue weighted by Crippen LogP contribution is -2.34. The number of carbonyl (C=O) groups is 1. The van der Waals surface area contributed by atoms with Crippen LogP contribution in [0.4, 0.5) is 0 Å². The summed E-state index contributed by atoms with van der Waals surface area (Å²) in [7, 11) is 1.40. The van der Waals surface area contributed by atoms with E-state index in [1.54, 1.807) is 4.90 Å². The second-order valence-corrected chi connectivity index (χ2v) is 8.73. The number of nitrogens with zero attached hydrogens (tertiary/aromatic N) is 1. The van der Waals surface area contributed by atoms with Crippen molar-refractivity contribution in [1.82, 2.24) is 4.90 Å². The lowest BCUT2D eigenvalue weighted by molar-refractivity contribution is 0.0745. The molecule has 1 aromatic rings. The molecule has 0 unspecified atom stereocenters. The number of rotatable bonds is 5. The van der Waals surface area contributed by atoms with Crippen LogP contribution in [-0.2, 0) is 9.05 Å². The topological polar surface area (TPSA) is 54.5 Å². The van der Waals surface area contributed by atoms with Gasteiger partial charge in [-0.3, -0.25) is 4.79 Å². The summed E-state index contributed by atoms with van der Waals surface area (Å²) in [6.45, 7) is 6.91. The minimum absolute atomic E-state index is 0.126. The zero-order valence-corrected chi connectivity index (χ0v) is 15.8. The third-order valence-electron chi connectivity index (χ3n) is 2.77. The summed E-state index contributed by atoms with van der Waals surface area (Å²) in [5.41, 5.74) is 0.126. The van der Waals surface area contributed by atoms with E-state index in [-0.39, 0.29) is 25.9 Å². The number of benzene rings is 1. The van der Waals surface area contributed by atoms with E-state index in [9.17, 15) is 13.2 Å². The molecule has 0 atom stereocenters. The summed E-state index contributed by atoms with van der Waals surface area (Å²) >= 11 is 9.16. The van der Waals surface area contributed by atoms with Gasteiger partial charge in [-0.1, -0.05) is 25.4 Å². The van der Waals surface area contributed by atoms with E-state index in [4.69, 9.17) is 22.3 Å². The van der Waals surface area contributed by atoms with Gasteiger partial charge in [-0.05, 0) is 40.9 Å². The quantitative estimate of drug-likeness (QED) is 0.677. The molecule has 0 aliphatic rings. The molecule has 0 saturated heterocycles. The van der Waals surface area contributed by atoms with Gasteiger partial charge in [0.1, 0.15) is 0 Å². The Bertz CT molecular complexity index is 647. The maximum atomic E-state index is 12.5. The monoisotopic (exact) mass is 415 g/mol.